The molecule has 3 N–H and O–H groups in total. The van der Waals surface area contributed by atoms with Crippen LogP contribution in [0.4, 0.5) is 10.2 Å². The number of hydrogen-bond acceptors (Lipinski definition) is 5. The highest BCUT2D eigenvalue weighted by Gasteiger charge is 2.20. The average Bonchev–Trinajstić information content (AvgIpc) is 2.39. The molecule has 6 nitrogen and oxygen atoms in total. The highest BCUT2D eigenvalue weighted by atomic mass is 32.2. The van der Waals surface area contributed by atoms with Crippen LogP contribution in [-0.2, 0) is 16.6 Å². The van der Waals surface area contributed by atoms with Crippen LogP contribution in [0.3, 0.4) is 0 Å². The van der Waals surface area contributed by atoms with Crippen molar-refractivity contribution in [3.8, 4) is 0 Å². The zero-order valence-electron chi connectivity index (χ0n) is 9.75. The number of nitrogens with one attached hydrogen (secondary N) is 1. The normalized spacial score (nSPS) is 11.3. The maximum Gasteiger partial charge on any atom is 0.263 e. The minimum Gasteiger partial charge on any atom is -0.326 e. The number of hydrogen-bond donors (Lipinski definition) is 2. The molecule has 0 atom stereocenters. The molecule has 2 aromatic rings. The van der Waals surface area contributed by atoms with E-state index < -0.39 is 15.8 Å². The summed E-state index contributed by atoms with van der Waals surface area (Å²) in [5.41, 5.74) is 5.31. The van der Waals surface area contributed by atoms with Gasteiger partial charge in [0.2, 0.25) is 0 Å². The van der Waals surface area contributed by atoms with Gasteiger partial charge in [0, 0.05) is 24.5 Å². The summed E-state index contributed by atoms with van der Waals surface area (Å²) >= 11 is 0. The van der Waals surface area contributed by atoms with Gasteiger partial charge in [0.15, 0.2) is 5.82 Å². The number of nitrogens with zero attached hydrogens (tertiary/aromatic N) is 2. The molecule has 1 aromatic heterocycles. The molecular weight excluding hydrogens is 271 g/mol. The molecule has 1 aromatic carbocycles. The topological polar surface area (TPSA) is 98.0 Å². The first-order valence-electron chi connectivity index (χ1n) is 5.31. The van der Waals surface area contributed by atoms with Gasteiger partial charge in [0.1, 0.15) is 5.82 Å². The Labute approximate surface area is 109 Å². The van der Waals surface area contributed by atoms with Crippen molar-refractivity contribution in [3.63, 3.8) is 0 Å². The molecule has 8 heteroatoms. The van der Waals surface area contributed by atoms with Gasteiger partial charge in [-0.3, -0.25) is 9.71 Å². The van der Waals surface area contributed by atoms with Crippen molar-refractivity contribution in [1.82, 2.24) is 9.97 Å². The number of nitrogens with two attached hydrogens (primary N) is 1. The van der Waals surface area contributed by atoms with Crippen molar-refractivity contribution in [2.75, 3.05) is 4.72 Å². The Morgan fingerprint density at radius 2 is 2.11 bits per heavy atom. The van der Waals surface area contributed by atoms with E-state index in [9.17, 15) is 12.8 Å². The summed E-state index contributed by atoms with van der Waals surface area (Å²) in [6, 6.07) is 3.74. The fraction of sp³-hybridized carbons (Fsp3) is 0.0909. The second-order valence-electron chi connectivity index (χ2n) is 3.62. The Morgan fingerprint density at radius 1 is 1.32 bits per heavy atom. The molecule has 0 unspecified atom stereocenters. The van der Waals surface area contributed by atoms with Gasteiger partial charge in [0.05, 0.1) is 11.1 Å². The van der Waals surface area contributed by atoms with Gasteiger partial charge < -0.3 is 5.73 Å². The maximum atomic E-state index is 13.5. The van der Waals surface area contributed by atoms with E-state index in [0.717, 1.165) is 6.07 Å². The Kier molecular flexibility index (Phi) is 3.72. The predicted octanol–water partition coefficient (Wildman–Crippen LogP) is 0.875. The van der Waals surface area contributed by atoms with Crippen LogP contribution in [0.1, 0.15) is 5.56 Å². The fourth-order valence-corrected chi connectivity index (χ4v) is 2.79. The first-order chi connectivity index (χ1) is 9.04. The van der Waals surface area contributed by atoms with Gasteiger partial charge in [0.25, 0.3) is 10.0 Å². The second-order valence-corrected chi connectivity index (χ2v) is 5.27. The van der Waals surface area contributed by atoms with Gasteiger partial charge >= 0.3 is 0 Å². The van der Waals surface area contributed by atoms with Crippen molar-refractivity contribution in [2.24, 2.45) is 5.73 Å². The highest BCUT2D eigenvalue weighted by Crippen LogP contribution is 2.20. The van der Waals surface area contributed by atoms with E-state index in [1.54, 1.807) is 0 Å². The van der Waals surface area contributed by atoms with E-state index in [1.165, 1.54) is 30.7 Å². The van der Waals surface area contributed by atoms with Crippen molar-refractivity contribution in [3.05, 3.63) is 48.2 Å². The first-order valence-corrected chi connectivity index (χ1v) is 6.79. The molecule has 0 radical (unpaired) electrons. The summed E-state index contributed by atoms with van der Waals surface area (Å²) in [7, 11) is -3.95. The number of benzene rings is 1. The molecule has 0 saturated heterocycles. The lowest BCUT2D eigenvalue weighted by Gasteiger charge is -2.11. The summed E-state index contributed by atoms with van der Waals surface area (Å²) in [5, 5.41) is 0. The molecule has 0 aliphatic heterocycles. The van der Waals surface area contributed by atoms with Crippen LogP contribution in [0.25, 0.3) is 0 Å². The number of sulfonamides is 1. The lowest BCUT2D eigenvalue weighted by atomic mass is 10.2. The fourth-order valence-electron chi connectivity index (χ4n) is 1.53. The molecule has 0 aliphatic rings. The van der Waals surface area contributed by atoms with Crippen LogP contribution < -0.4 is 10.5 Å². The smallest absolute Gasteiger partial charge is 0.263 e. The van der Waals surface area contributed by atoms with Crippen molar-refractivity contribution >= 4 is 15.8 Å². The van der Waals surface area contributed by atoms with Crippen molar-refractivity contribution < 1.29 is 12.8 Å². The number of halogens is 1. The highest BCUT2D eigenvalue weighted by molar-refractivity contribution is 7.92. The summed E-state index contributed by atoms with van der Waals surface area (Å²) in [5.74, 6) is -0.612. The predicted molar refractivity (Wildman–Crippen MR) is 67.1 cm³/mol. The molecule has 0 bridgehead atoms. The van der Waals surface area contributed by atoms with Crippen molar-refractivity contribution in [1.29, 1.82) is 0 Å². The third-order valence-corrected chi connectivity index (χ3v) is 3.81. The Bertz CT molecular complexity index is 676. The monoisotopic (exact) mass is 282 g/mol. The summed E-state index contributed by atoms with van der Waals surface area (Å²) in [6.45, 7) is -0.219. The number of anilines is 1. The summed E-state index contributed by atoms with van der Waals surface area (Å²) in [6.07, 6.45) is 4.00. The molecule has 100 valence electrons. The lowest BCUT2D eigenvalue weighted by molar-refractivity contribution is 0.585. The lowest BCUT2D eigenvalue weighted by Crippen LogP contribution is -2.18. The van der Waals surface area contributed by atoms with Gasteiger partial charge in [-0.2, -0.15) is 0 Å². The quantitative estimate of drug-likeness (QED) is 0.867. The molecule has 0 saturated carbocycles. The zero-order valence-corrected chi connectivity index (χ0v) is 10.6. The van der Waals surface area contributed by atoms with E-state index in [1.807, 2.05) is 0 Å². The van der Waals surface area contributed by atoms with E-state index in [0.29, 0.717) is 0 Å². The van der Waals surface area contributed by atoms with Crippen LogP contribution in [0.2, 0.25) is 0 Å². The van der Waals surface area contributed by atoms with Crippen LogP contribution >= 0.6 is 0 Å². The Balaban J connectivity index is 2.43. The van der Waals surface area contributed by atoms with Gasteiger partial charge in [-0.25, -0.2) is 17.8 Å². The Morgan fingerprint density at radius 3 is 2.74 bits per heavy atom. The molecule has 0 amide bonds. The van der Waals surface area contributed by atoms with Gasteiger partial charge in [-0.1, -0.05) is 6.07 Å². The minimum absolute atomic E-state index is 0.0507. The van der Waals surface area contributed by atoms with Crippen molar-refractivity contribution in [2.45, 2.75) is 11.4 Å². The summed E-state index contributed by atoms with van der Waals surface area (Å²) < 4.78 is 40.0. The van der Waals surface area contributed by atoms with Gasteiger partial charge in [-0.15, -0.1) is 0 Å². The molecule has 0 fully saturated rings. The number of aromatic nitrogens is 2. The second kappa shape index (κ2) is 5.29. The van der Waals surface area contributed by atoms with Gasteiger partial charge in [-0.05, 0) is 12.1 Å². The average molecular weight is 282 g/mol. The molecule has 1 heterocycles. The molecule has 0 aliphatic carbocycles. The molecule has 19 heavy (non-hydrogen) atoms. The summed E-state index contributed by atoms with van der Waals surface area (Å²) in [4.78, 5) is 7.32. The van der Waals surface area contributed by atoms with Crippen LogP contribution in [0.15, 0.2) is 41.7 Å². The molecule has 2 rings (SSSR count). The first kappa shape index (κ1) is 13.4. The zero-order chi connectivity index (χ0) is 13.9. The van der Waals surface area contributed by atoms with E-state index in [4.69, 9.17) is 5.73 Å². The SMILES string of the molecule is NCc1c(F)cccc1S(=O)(=O)Nc1cnccn1. The minimum atomic E-state index is -3.95. The van der Waals surface area contributed by atoms with Crippen LogP contribution in [0, 0.1) is 5.82 Å². The van der Waals surface area contributed by atoms with E-state index >= 15 is 0 Å². The molecular formula is C11H11FN4O2S. The largest absolute Gasteiger partial charge is 0.326 e. The standard InChI is InChI=1S/C11H11FN4O2S/c12-9-2-1-3-10(8(9)6-13)19(17,18)16-11-7-14-4-5-15-11/h1-5,7H,6,13H2,(H,15,16). The van der Waals surface area contributed by atoms with E-state index in [2.05, 4.69) is 14.7 Å². The van der Waals surface area contributed by atoms with Crippen LogP contribution in [0.5, 0.6) is 0 Å². The molecule has 0 spiro atoms. The third kappa shape index (κ3) is 2.85. The maximum absolute atomic E-state index is 13.5. The Hall–Kier alpha value is -2.06. The van der Waals surface area contributed by atoms with Crippen LogP contribution in [-0.4, -0.2) is 18.4 Å². The van der Waals surface area contributed by atoms with E-state index in [-0.39, 0.29) is 22.8 Å². The number of rotatable bonds is 4. The third-order valence-electron chi connectivity index (χ3n) is 2.37.